The Kier molecular flexibility index (Phi) is 3.02. The lowest BCUT2D eigenvalue weighted by Gasteiger charge is -2.28. The summed E-state index contributed by atoms with van der Waals surface area (Å²) in [5, 5.41) is 21.6. The summed E-state index contributed by atoms with van der Waals surface area (Å²) in [6.45, 7) is 0. The zero-order valence-electron chi connectivity index (χ0n) is 11.6. The molecule has 0 aromatic heterocycles. The predicted molar refractivity (Wildman–Crippen MR) is 88.5 cm³/mol. The second-order valence-electron chi connectivity index (χ2n) is 5.07. The van der Waals surface area contributed by atoms with Crippen LogP contribution in [0.3, 0.4) is 0 Å². The molecule has 1 aliphatic rings. The number of para-hydroxylation sites is 1. The van der Waals surface area contributed by atoms with Gasteiger partial charge < -0.3 is 14.7 Å². The Morgan fingerprint density at radius 3 is 2.32 bits per heavy atom. The van der Waals surface area contributed by atoms with Crippen LogP contribution in [0.25, 0.3) is 11.1 Å². The van der Waals surface area contributed by atoms with Crippen molar-refractivity contribution in [3.05, 3.63) is 66.7 Å². The second-order valence-corrected chi connectivity index (χ2v) is 6.81. The molecule has 0 bridgehead atoms. The number of phenolic OH excluding ortho intramolecular Hbond substituents is 2. The van der Waals surface area contributed by atoms with Gasteiger partial charge in [0.05, 0.1) is 5.30 Å². The van der Waals surface area contributed by atoms with Gasteiger partial charge in [0.1, 0.15) is 17.2 Å². The number of benzene rings is 3. The number of phenols is 2. The van der Waals surface area contributed by atoms with Gasteiger partial charge in [-0.1, -0.05) is 42.5 Å². The molecule has 3 aromatic carbocycles. The molecule has 2 N–H and O–H groups in total. The van der Waals surface area contributed by atoms with Crippen molar-refractivity contribution in [2.24, 2.45) is 0 Å². The van der Waals surface area contributed by atoms with Crippen LogP contribution < -0.4 is 15.1 Å². The van der Waals surface area contributed by atoms with Gasteiger partial charge >= 0.3 is 0 Å². The van der Waals surface area contributed by atoms with Gasteiger partial charge in [0.2, 0.25) is 0 Å². The van der Waals surface area contributed by atoms with Crippen molar-refractivity contribution >= 4 is 18.8 Å². The molecule has 3 nitrogen and oxygen atoms in total. The minimum Gasteiger partial charge on any atom is -0.508 e. The topological polar surface area (TPSA) is 49.7 Å². The second kappa shape index (κ2) is 5.04. The number of aromatic hydroxyl groups is 2. The van der Waals surface area contributed by atoms with E-state index in [1.165, 1.54) is 12.1 Å². The number of hydrogen-bond acceptors (Lipinski definition) is 3. The first-order chi connectivity index (χ1) is 10.7. The molecule has 1 atom stereocenters. The highest BCUT2D eigenvalue weighted by Crippen LogP contribution is 2.49. The van der Waals surface area contributed by atoms with E-state index < -0.39 is 8.15 Å². The summed E-state index contributed by atoms with van der Waals surface area (Å²) < 4.78 is 6.17. The van der Waals surface area contributed by atoms with E-state index in [-0.39, 0.29) is 11.5 Å². The number of fused-ring (bicyclic) bond motifs is 3. The lowest BCUT2D eigenvalue weighted by Crippen LogP contribution is -2.21. The van der Waals surface area contributed by atoms with Gasteiger partial charge in [0, 0.05) is 10.9 Å². The Bertz CT molecular complexity index is 860. The lowest BCUT2D eigenvalue weighted by molar-refractivity contribution is 0.463. The lowest BCUT2D eigenvalue weighted by atomic mass is 10.0. The van der Waals surface area contributed by atoms with E-state index in [1.807, 2.05) is 42.5 Å². The van der Waals surface area contributed by atoms with Crippen LogP contribution in [0.1, 0.15) is 0 Å². The maximum atomic E-state index is 10.2. The molecule has 4 rings (SSSR count). The Labute approximate surface area is 129 Å². The molecule has 1 unspecified atom stereocenters. The molecule has 3 aromatic rings. The van der Waals surface area contributed by atoms with Crippen molar-refractivity contribution < 1.29 is 14.7 Å². The summed E-state index contributed by atoms with van der Waals surface area (Å²) >= 11 is 0. The molecule has 0 radical (unpaired) electrons. The Morgan fingerprint density at radius 2 is 1.45 bits per heavy atom. The van der Waals surface area contributed by atoms with E-state index in [0.29, 0.717) is 5.30 Å². The largest absolute Gasteiger partial charge is 0.508 e. The quantitative estimate of drug-likeness (QED) is 0.534. The summed E-state index contributed by atoms with van der Waals surface area (Å²) in [6.07, 6.45) is 0. The first-order valence-electron chi connectivity index (χ1n) is 6.92. The van der Waals surface area contributed by atoms with Crippen molar-refractivity contribution in [2.75, 3.05) is 0 Å². The fourth-order valence-electron chi connectivity index (χ4n) is 2.65. The Morgan fingerprint density at radius 1 is 0.727 bits per heavy atom. The molecule has 1 aliphatic heterocycles. The average Bonchev–Trinajstić information content (AvgIpc) is 2.56. The minimum absolute atomic E-state index is 0.121. The van der Waals surface area contributed by atoms with Crippen LogP contribution in [0, 0.1) is 0 Å². The van der Waals surface area contributed by atoms with Gasteiger partial charge in [0.15, 0.2) is 8.15 Å². The van der Waals surface area contributed by atoms with E-state index in [4.69, 9.17) is 4.52 Å². The van der Waals surface area contributed by atoms with Crippen LogP contribution >= 0.6 is 8.15 Å². The number of hydrogen-bond donors (Lipinski definition) is 2. The van der Waals surface area contributed by atoms with E-state index in [2.05, 4.69) is 6.07 Å². The molecule has 1 heterocycles. The summed E-state index contributed by atoms with van der Waals surface area (Å²) in [7, 11) is -1.22. The Balaban J connectivity index is 1.95. The van der Waals surface area contributed by atoms with Gasteiger partial charge in [0.25, 0.3) is 0 Å². The van der Waals surface area contributed by atoms with Gasteiger partial charge in [-0.2, -0.15) is 0 Å². The van der Waals surface area contributed by atoms with Crippen molar-refractivity contribution in [1.82, 2.24) is 0 Å². The molecule has 0 saturated heterocycles. The SMILES string of the molecule is Oc1ccc(O)c(P2Oc3ccccc3-c3ccccc32)c1. The average molecular weight is 308 g/mol. The van der Waals surface area contributed by atoms with Gasteiger partial charge in [-0.05, 0) is 29.8 Å². The molecule has 0 saturated carbocycles. The van der Waals surface area contributed by atoms with Gasteiger partial charge in [-0.3, -0.25) is 0 Å². The molecular formula is C18H13O3P. The third kappa shape index (κ3) is 2.02. The first kappa shape index (κ1) is 13.2. The highest BCUT2D eigenvalue weighted by atomic mass is 31.1. The highest BCUT2D eigenvalue weighted by Gasteiger charge is 2.29. The first-order valence-corrected chi connectivity index (χ1v) is 8.18. The smallest absolute Gasteiger partial charge is 0.155 e. The van der Waals surface area contributed by atoms with Crippen LogP contribution in [0.15, 0.2) is 66.7 Å². The van der Waals surface area contributed by atoms with Crippen LogP contribution in [0.2, 0.25) is 0 Å². The van der Waals surface area contributed by atoms with E-state index in [9.17, 15) is 10.2 Å². The monoisotopic (exact) mass is 308 g/mol. The third-order valence-corrected chi connectivity index (χ3v) is 5.67. The van der Waals surface area contributed by atoms with Crippen molar-refractivity contribution in [1.29, 1.82) is 0 Å². The zero-order valence-corrected chi connectivity index (χ0v) is 12.5. The van der Waals surface area contributed by atoms with E-state index in [0.717, 1.165) is 22.2 Å². The zero-order chi connectivity index (χ0) is 15.1. The predicted octanol–water partition coefficient (Wildman–Crippen LogP) is 3.50. The summed E-state index contributed by atoms with van der Waals surface area (Å²) in [4.78, 5) is 0. The van der Waals surface area contributed by atoms with E-state index >= 15 is 0 Å². The third-order valence-electron chi connectivity index (χ3n) is 3.67. The van der Waals surface area contributed by atoms with Crippen LogP contribution in [0.5, 0.6) is 17.2 Å². The van der Waals surface area contributed by atoms with Crippen molar-refractivity contribution in [3.8, 4) is 28.4 Å². The molecule has 0 fully saturated rings. The molecule has 0 spiro atoms. The van der Waals surface area contributed by atoms with Gasteiger partial charge in [-0.25, -0.2) is 0 Å². The Hall–Kier alpha value is -2.51. The summed E-state index contributed by atoms with van der Waals surface area (Å²) in [5.41, 5.74) is 2.16. The fourth-order valence-corrected chi connectivity index (χ4v) is 4.63. The van der Waals surface area contributed by atoms with Crippen molar-refractivity contribution in [2.45, 2.75) is 0 Å². The molecule has 0 amide bonds. The van der Waals surface area contributed by atoms with E-state index in [1.54, 1.807) is 6.07 Å². The molecule has 108 valence electrons. The minimum atomic E-state index is -1.22. The summed E-state index contributed by atoms with van der Waals surface area (Å²) in [5.74, 6) is 1.06. The molecular weight excluding hydrogens is 295 g/mol. The maximum absolute atomic E-state index is 10.2. The maximum Gasteiger partial charge on any atom is 0.155 e. The molecule has 22 heavy (non-hydrogen) atoms. The fraction of sp³-hybridized carbons (Fsp3) is 0. The van der Waals surface area contributed by atoms with Crippen LogP contribution in [-0.4, -0.2) is 10.2 Å². The molecule has 4 heteroatoms. The highest BCUT2D eigenvalue weighted by molar-refractivity contribution is 7.69. The van der Waals surface area contributed by atoms with Crippen molar-refractivity contribution in [3.63, 3.8) is 0 Å². The van der Waals surface area contributed by atoms with Crippen LogP contribution in [-0.2, 0) is 0 Å². The normalized spacial score (nSPS) is 15.5. The van der Waals surface area contributed by atoms with Crippen LogP contribution in [0.4, 0.5) is 0 Å². The van der Waals surface area contributed by atoms with Gasteiger partial charge in [-0.15, -0.1) is 0 Å². The summed E-state index contributed by atoms with van der Waals surface area (Å²) in [6, 6.07) is 20.5. The standard InChI is InChI=1S/C18H13O3P/c19-12-9-10-15(20)18(11-12)22-17-8-4-2-6-14(17)13-5-1-3-7-16(13)21-22/h1-11,19-20H. The number of rotatable bonds is 1. The molecule has 0 aliphatic carbocycles.